The largest absolute Gasteiger partial charge is 0.481 e. The van der Waals surface area contributed by atoms with Gasteiger partial charge in [0.25, 0.3) is 0 Å². The molecular weight excluding hydrogens is 312 g/mol. The smallest absolute Gasteiger partial charge is 0.303 e. The van der Waals surface area contributed by atoms with E-state index in [9.17, 15) is 9.59 Å². The first kappa shape index (κ1) is 15.7. The summed E-state index contributed by atoms with van der Waals surface area (Å²) in [6.45, 7) is 1.85. The van der Waals surface area contributed by atoms with Crippen LogP contribution in [0.4, 0.5) is 0 Å². The summed E-state index contributed by atoms with van der Waals surface area (Å²) in [6, 6.07) is 6.56. The van der Waals surface area contributed by atoms with Crippen LogP contribution in [0, 0.1) is 0 Å². The van der Waals surface area contributed by atoms with E-state index < -0.39 is 12.0 Å². The summed E-state index contributed by atoms with van der Waals surface area (Å²) in [6.07, 6.45) is 0.0157. The second kappa shape index (κ2) is 7.25. The highest BCUT2D eigenvalue weighted by molar-refractivity contribution is 9.10. The number of amides is 1. The Kier molecular flexibility index (Phi) is 5.98. The Morgan fingerprint density at radius 1 is 1.42 bits per heavy atom. The van der Waals surface area contributed by atoms with Crippen LogP contribution in [0.1, 0.15) is 31.4 Å². The molecule has 0 aliphatic heterocycles. The molecule has 6 heteroatoms. The second-order valence-corrected chi connectivity index (χ2v) is 5.15. The third-order valence-corrected chi connectivity index (χ3v) is 3.46. The Bertz CT molecular complexity index is 465. The van der Waals surface area contributed by atoms with E-state index in [1.165, 1.54) is 0 Å². The Labute approximate surface area is 120 Å². The van der Waals surface area contributed by atoms with Crippen molar-refractivity contribution in [1.82, 2.24) is 5.32 Å². The number of carboxylic acid groups (broad SMARTS) is 1. The lowest BCUT2D eigenvalue weighted by atomic mass is 10.1. The fourth-order valence-electron chi connectivity index (χ4n) is 1.63. The highest BCUT2D eigenvalue weighted by atomic mass is 79.9. The van der Waals surface area contributed by atoms with E-state index in [0.717, 1.165) is 10.0 Å². The van der Waals surface area contributed by atoms with E-state index in [2.05, 4.69) is 21.2 Å². The van der Waals surface area contributed by atoms with Crippen molar-refractivity contribution in [2.75, 3.05) is 0 Å². The summed E-state index contributed by atoms with van der Waals surface area (Å²) < 4.78 is 0.905. The first-order chi connectivity index (χ1) is 8.91. The molecule has 1 amide bonds. The molecule has 4 N–H and O–H groups in total. The molecule has 0 saturated carbocycles. The average Bonchev–Trinajstić information content (AvgIpc) is 2.36. The van der Waals surface area contributed by atoms with Gasteiger partial charge in [-0.2, -0.15) is 0 Å². The minimum Gasteiger partial charge on any atom is -0.481 e. The minimum absolute atomic E-state index is 0.113. The molecule has 0 spiro atoms. The van der Waals surface area contributed by atoms with Gasteiger partial charge in [0.1, 0.15) is 0 Å². The standard InChI is InChI=1S/C13H17BrN2O3/c1-8(9-4-2-3-5-10(9)14)16-13(19)11(15)6-7-12(17)18/h2-5,8,11H,6-7,15H2,1H3,(H,16,19)(H,17,18)/t8-,11?/m0/s1. The maximum absolute atomic E-state index is 11.8. The molecule has 0 bridgehead atoms. The molecule has 1 aromatic rings. The van der Waals surface area contributed by atoms with Crippen LogP contribution in [-0.4, -0.2) is 23.0 Å². The van der Waals surface area contributed by atoms with Crippen molar-refractivity contribution in [3.8, 4) is 0 Å². The SMILES string of the molecule is C[C@H](NC(=O)C(N)CCC(=O)O)c1ccccc1Br. The third kappa shape index (κ3) is 5.00. The third-order valence-electron chi connectivity index (χ3n) is 2.74. The van der Waals surface area contributed by atoms with Crippen LogP contribution >= 0.6 is 15.9 Å². The molecule has 19 heavy (non-hydrogen) atoms. The van der Waals surface area contributed by atoms with Gasteiger partial charge >= 0.3 is 5.97 Å². The molecule has 0 radical (unpaired) electrons. The predicted molar refractivity (Wildman–Crippen MR) is 75.5 cm³/mol. The summed E-state index contributed by atoms with van der Waals surface area (Å²) in [4.78, 5) is 22.2. The number of carboxylic acids is 1. The van der Waals surface area contributed by atoms with Crippen LogP contribution in [-0.2, 0) is 9.59 Å². The molecule has 0 heterocycles. The zero-order chi connectivity index (χ0) is 14.4. The number of hydrogen-bond donors (Lipinski definition) is 3. The summed E-state index contributed by atoms with van der Waals surface area (Å²) in [5.41, 5.74) is 6.59. The zero-order valence-electron chi connectivity index (χ0n) is 10.6. The van der Waals surface area contributed by atoms with Gasteiger partial charge in [-0.15, -0.1) is 0 Å². The van der Waals surface area contributed by atoms with Gasteiger partial charge in [-0.25, -0.2) is 0 Å². The lowest BCUT2D eigenvalue weighted by molar-refractivity contribution is -0.137. The lowest BCUT2D eigenvalue weighted by Gasteiger charge is -2.18. The van der Waals surface area contributed by atoms with Gasteiger partial charge in [0.2, 0.25) is 5.91 Å². The molecule has 1 unspecified atom stereocenters. The number of hydrogen-bond acceptors (Lipinski definition) is 3. The zero-order valence-corrected chi connectivity index (χ0v) is 12.2. The van der Waals surface area contributed by atoms with Crippen molar-refractivity contribution in [1.29, 1.82) is 0 Å². The van der Waals surface area contributed by atoms with Crippen LogP contribution in [0.15, 0.2) is 28.7 Å². The van der Waals surface area contributed by atoms with Crippen LogP contribution in [0.5, 0.6) is 0 Å². The van der Waals surface area contributed by atoms with Gasteiger partial charge in [0.05, 0.1) is 12.1 Å². The topological polar surface area (TPSA) is 92.4 Å². The maximum Gasteiger partial charge on any atom is 0.303 e. The van der Waals surface area contributed by atoms with Gasteiger partial charge in [-0.3, -0.25) is 9.59 Å². The average molecular weight is 329 g/mol. The van der Waals surface area contributed by atoms with Crippen molar-refractivity contribution >= 4 is 27.8 Å². The summed E-state index contributed by atoms with van der Waals surface area (Å²) in [5.74, 6) is -1.30. The molecular formula is C13H17BrN2O3. The Morgan fingerprint density at radius 3 is 2.63 bits per heavy atom. The Balaban J connectivity index is 2.57. The molecule has 0 fully saturated rings. The normalized spacial score (nSPS) is 13.6. The van der Waals surface area contributed by atoms with Gasteiger partial charge in [0.15, 0.2) is 0 Å². The van der Waals surface area contributed by atoms with Crippen LogP contribution in [0.3, 0.4) is 0 Å². The van der Waals surface area contributed by atoms with Crippen molar-refractivity contribution < 1.29 is 14.7 Å². The minimum atomic E-state index is -0.956. The molecule has 104 valence electrons. The van der Waals surface area contributed by atoms with Crippen LogP contribution in [0.2, 0.25) is 0 Å². The quantitative estimate of drug-likeness (QED) is 0.742. The Morgan fingerprint density at radius 2 is 2.05 bits per heavy atom. The van der Waals surface area contributed by atoms with E-state index in [1.54, 1.807) is 0 Å². The Hall–Kier alpha value is -1.40. The molecule has 1 aromatic carbocycles. The van der Waals surface area contributed by atoms with E-state index in [0.29, 0.717) is 0 Å². The number of carbonyl (C=O) groups is 2. The summed E-state index contributed by atoms with van der Waals surface area (Å²) in [5, 5.41) is 11.3. The van der Waals surface area contributed by atoms with Crippen molar-refractivity contribution in [2.45, 2.75) is 31.8 Å². The predicted octanol–water partition coefficient (Wildman–Crippen LogP) is 1.82. The summed E-state index contributed by atoms with van der Waals surface area (Å²) in [7, 11) is 0. The number of rotatable bonds is 6. The van der Waals surface area contributed by atoms with Crippen molar-refractivity contribution in [2.24, 2.45) is 5.73 Å². The number of nitrogens with two attached hydrogens (primary N) is 1. The number of aliphatic carboxylic acids is 1. The van der Waals surface area contributed by atoms with E-state index >= 15 is 0 Å². The molecule has 0 aliphatic rings. The van der Waals surface area contributed by atoms with Crippen LogP contribution < -0.4 is 11.1 Å². The number of benzene rings is 1. The molecule has 1 rings (SSSR count). The molecule has 0 aliphatic carbocycles. The van der Waals surface area contributed by atoms with Gasteiger partial charge in [-0.05, 0) is 25.0 Å². The van der Waals surface area contributed by atoms with E-state index in [4.69, 9.17) is 10.8 Å². The fraction of sp³-hybridized carbons (Fsp3) is 0.385. The van der Waals surface area contributed by atoms with Crippen LogP contribution in [0.25, 0.3) is 0 Å². The lowest BCUT2D eigenvalue weighted by Crippen LogP contribution is -2.41. The molecule has 0 saturated heterocycles. The maximum atomic E-state index is 11.8. The number of carbonyl (C=O) groups excluding carboxylic acids is 1. The van der Waals surface area contributed by atoms with Gasteiger partial charge < -0.3 is 16.2 Å². The van der Waals surface area contributed by atoms with Gasteiger partial charge in [-0.1, -0.05) is 34.1 Å². The van der Waals surface area contributed by atoms with Gasteiger partial charge in [0, 0.05) is 10.9 Å². The summed E-state index contributed by atoms with van der Waals surface area (Å²) >= 11 is 3.41. The van der Waals surface area contributed by atoms with Crippen molar-refractivity contribution in [3.63, 3.8) is 0 Å². The monoisotopic (exact) mass is 328 g/mol. The van der Waals surface area contributed by atoms with E-state index in [-0.39, 0.29) is 24.8 Å². The first-order valence-corrected chi connectivity index (χ1v) is 6.73. The molecule has 0 aromatic heterocycles. The highest BCUT2D eigenvalue weighted by Crippen LogP contribution is 2.22. The highest BCUT2D eigenvalue weighted by Gasteiger charge is 2.18. The second-order valence-electron chi connectivity index (χ2n) is 4.29. The number of halogens is 1. The van der Waals surface area contributed by atoms with E-state index in [1.807, 2.05) is 31.2 Å². The number of nitrogens with one attached hydrogen (secondary N) is 1. The molecule has 2 atom stereocenters. The van der Waals surface area contributed by atoms with Crippen molar-refractivity contribution in [3.05, 3.63) is 34.3 Å². The fourth-order valence-corrected chi connectivity index (χ4v) is 2.26. The first-order valence-electron chi connectivity index (χ1n) is 5.94. The molecule has 5 nitrogen and oxygen atoms in total.